The summed E-state index contributed by atoms with van der Waals surface area (Å²) in [7, 11) is 0. The first-order valence-electron chi connectivity index (χ1n) is 8.86. The maximum atomic E-state index is 13.8. The molecule has 0 saturated carbocycles. The molecule has 30 heavy (non-hydrogen) atoms. The molecule has 1 aliphatic rings. The number of carbonyl (C=O) groups is 1. The lowest BCUT2D eigenvalue weighted by Crippen LogP contribution is -2.46. The monoisotopic (exact) mass is 447 g/mol. The average Bonchev–Trinajstić information content (AvgIpc) is 2.69. The highest BCUT2D eigenvalue weighted by Crippen LogP contribution is 2.37. The molecule has 2 aromatic rings. The maximum Gasteiger partial charge on any atom is 0.433 e. The van der Waals surface area contributed by atoms with E-state index in [1.807, 2.05) is 0 Å². The van der Waals surface area contributed by atoms with Crippen LogP contribution in [0.4, 0.5) is 33.5 Å². The van der Waals surface area contributed by atoms with Crippen molar-refractivity contribution in [1.82, 2.24) is 9.97 Å². The van der Waals surface area contributed by atoms with E-state index in [1.165, 1.54) is 30.2 Å². The van der Waals surface area contributed by atoms with Gasteiger partial charge in [0.05, 0.1) is 5.56 Å². The molecule has 3 heterocycles. The van der Waals surface area contributed by atoms with Gasteiger partial charge in [-0.15, -0.1) is 0 Å². The van der Waals surface area contributed by atoms with E-state index in [0.717, 1.165) is 18.0 Å². The van der Waals surface area contributed by atoms with Crippen molar-refractivity contribution >= 4 is 29.4 Å². The summed E-state index contributed by atoms with van der Waals surface area (Å²) < 4.78 is 67.2. The summed E-state index contributed by atoms with van der Waals surface area (Å²) in [5, 5.41) is 8.41. The minimum Gasteiger partial charge on any atom is -0.355 e. The van der Waals surface area contributed by atoms with Crippen molar-refractivity contribution in [2.75, 3.05) is 23.3 Å². The molecule has 1 amide bonds. The topological polar surface area (TPSA) is 84.1 Å². The number of hydrogen-bond donors (Lipinski definition) is 2. The Labute approximate surface area is 173 Å². The second kappa shape index (κ2) is 8.34. The van der Waals surface area contributed by atoms with Crippen LogP contribution in [0.1, 0.15) is 29.4 Å². The number of nitrogens with one attached hydrogen (secondary N) is 1. The Hall–Kier alpha value is -2.47. The number of pyridine rings is 2. The lowest BCUT2D eigenvalue weighted by molar-refractivity contribution is -0.141. The summed E-state index contributed by atoms with van der Waals surface area (Å²) in [4.78, 5) is 21.6. The maximum absolute atomic E-state index is 13.8. The number of amides is 1. The highest BCUT2D eigenvalue weighted by atomic mass is 32.2. The SMILES string of the molecule is CC1CN(c2nc(C(F)(F)F)ccc2C(=O)Nc2ccnc(SN)c2)CCC1(F)F. The van der Waals surface area contributed by atoms with E-state index in [0.29, 0.717) is 16.8 Å². The van der Waals surface area contributed by atoms with Crippen LogP contribution in [0.2, 0.25) is 0 Å². The van der Waals surface area contributed by atoms with Gasteiger partial charge in [-0.05, 0) is 36.2 Å². The fraction of sp³-hybridized carbons (Fsp3) is 0.389. The van der Waals surface area contributed by atoms with E-state index in [-0.39, 0.29) is 24.5 Å². The molecule has 0 aromatic carbocycles. The van der Waals surface area contributed by atoms with Crippen LogP contribution in [0.5, 0.6) is 0 Å². The largest absolute Gasteiger partial charge is 0.433 e. The van der Waals surface area contributed by atoms with Gasteiger partial charge in [-0.1, -0.05) is 6.92 Å². The average molecular weight is 447 g/mol. The van der Waals surface area contributed by atoms with Crippen LogP contribution in [-0.4, -0.2) is 34.9 Å². The van der Waals surface area contributed by atoms with Crippen molar-refractivity contribution in [2.24, 2.45) is 11.1 Å². The highest BCUT2D eigenvalue weighted by Gasteiger charge is 2.42. The lowest BCUT2D eigenvalue weighted by Gasteiger charge is -2.38. The summed E-state index contributed by atoms with van der Waals surface area (Å²) in [5.74, 6) is -5.06. The van der Waals surface area contributed by atoms with E-state index < -0.39 is 36.0 Å². The molecular weight excluding hydrogens is 429 g/mol. The van der Waals surface area contributed by atoms with Gasteiger partial charge in [0, 0.05) is 37.3 Å². The standard InChI is InChI=1S/C18H18F5N5OS/c1-10-9-28(7-5-17(10,19)20)15-12(2-3-13(27-15)18(21,22)23)16(29)26-11-4-6-25-14(8-11)30-24/h2-4,6,8,10H,5,7,9,24H2,1H3,(H,25,26,29). The van der Waals surface area contributed by atoms with E-state index in [9.17, 15) is 26.7 Å². The van der Waals surface area contributed by atoms with Crippen molar-refractivity contribution in [2.45, 2.75) is 30.5 Å². The van der Waals surface area contributed by atoms with E-state index in [4.69, 9.17) is 5.14 Å². The molecule has 3 rings (SSSR count). The summed E-state index contributed by atoms with van der Waals surface area (Å²) in [6.45, 7) is 0.850. The molecule has 0 bridgehead atoms. The molecule has 6 nitrogen and oxygen atoms in total. The van der Waals surface area contributed by atoms with Crippen LogP contribution in [0.25, 0.3) is 0 Å². The van der Waals surface area contributed by atoms with E-state index >= 15 is 0 Å². The van der Waals surface area contributed by atoms with Gasteiger partial charge in [0.2, 0.25) is 0 Å². The van der Waals surface area contributed by atoms with Crippen molar-refractivity contribution in [3.05, 3.63) is 41.7 Å². The second-order valence-electron chi connectivity index (χ2n) is 6.88. The molecule has 12 heteroatoms. The Morgan fingerprint density at radius 1 is 1.33 bits per heavy atom. The molecule has 3 N–H and O–H groups in total. The number of rotatable bonds is 4. The zero-order chi connectivity index (χ0) is 22.1. The summed E-state index contributed by atoms with van der Waals surface area (Å²) >= 11 is 0.857. The molecule has 162 valence electrons. The minimum absolute atomic E-state index is 0.154. The van der Waals surface area contributed by atoms with Crippen LogP contribution < -0.4 is 15.4 Å². The van der Waals surface area contributed by atoms with Gasteiger partial charge >= 0.3 is 6.18 Å². The number of aromatic nitrogens is 2. The third kappa shape index (κ3) is 4.81. The zero-order valence-electron chi connectivity index (χ0n) is 15.7. The van der Waals surface area contributed by atoms with Crippen molar-refractivity contribution in [1.29, 1.82) is 0 Å². The Morgan fingerprint density at radius 3 is 2.70 bits per heavy atom. The first-order valence-corrected chi connectivity index (χ1v) is 9.74. The molecule has 2 aromatic heterocycles. The fourth-order valence-electron chi connectivity index (χ4n) is 3.05. The highest BCUT2D eigenvalue weighted by molar-refractivity contribution is 7.97. The van der Waals surface area contributed by atoms with Gasteiger partial charge in [0.1, 0.15) is 16.5 Å². The van der Waals surface area contributed by atoms with Crippen LogP contribution in [0, 0.1) is 5.92 Å². The first-order chi connectivity index (χ1) is 14.0. The Kier molecular flexibility index (Phi) is 6.18. The molecule has 0 spiro atoms. The minimum atomic E-state index is -4.74. The predicted molar refractivity (Wildman–Crippen MR) is 102 cm³/mol. The number of anilines is 2. The first kappa shape index (κ1) is 22.2. The third-order valence-corrected chi connectivity index (χ3v) is 5.22. The lowest BCUT2D eigenvalue weighted by atomic mass is 9.95. The fourth-order valence-corrected chi connectivity index (χ4v) is 3.37. The molecule has 1 aliphatic heterocycles. The molecule has 1 unspecified atom stereocenters. The quantitative estimate of drug-likeness (QED) is 0.540. The molecule has 1 atom stereocenters. The van der Waals surface area contributed by atoms with Gasteiger partial charge < -0.3 is 10.2 Å². The molecule has 0 radical (unpaired) electrons. The Bertz CT molecular complexity index is 939. The van der Waals surface area contributed by atoms with E-state index in [1.54, 1.807) is 0 Å². The van der Waals surface area contributed by atoms with Crippen LogP contribution in [0.3, 0.4) is 0 Å². The van der Waals surface area contributed by atoms with Crippen molar-refractivity contribution in [3.63, 3.8) is 0 Å². The molecular formula is C18H18F5N5OS. The number of alkyl halides is 5. The second-order valence-corrected chi connectivity index (χ2v) is 7.53. The number of halogens is 5. The number of hydrogen-bond acceptors (Lipinski definition) is 6. The van der Waals surface area contributed by atoms with Crippen molar-refractivity contribution in [3.8, 4) is 0 Å². The van der Waals surface area contributed by atoms with Gasteiger partial charge in [-0.3, -0.25) is 9.93 Å². The van der Waals surface area contributed by atoms with E-state index in [2.05, 4.69) is 15.3 Å². The number of nitrogens with zero attached hydrogens (tertiary/aromatic N) is 3. The van der Waals surface area contributed by atoms with Crippen LogP contribution in [-0.2, 0) is 6.18 Å². The van der Waals surface area contributed by atoms with Gasteiger partial charge in [0.15, 0.2) is 0 Å². The zero-order valence-corrected chi connectivity index (χ0v) is 16.5. The van der Waals surface area contributed by atoms with Crippen LogP contribution in [0.15, 0.2) is 35.5 Å². The number of piperidine rings is 1. The summed E-state index contributed by atoms with van der Waals surface area (Å²) in [6, 6.07) is 4.66. The van der Waals surface area contributed by atoms with Crippen LogP contribution >= 0.6 is 11.9 Å². The Morgan fingerprint density at radius 2 is 2.07 bits per heavy atom. The molecule has 1 fully saturated rings. The van der Waals surface area contributed by atoms with Gasteiger partial charge in [-0.2, -0.15) is 13.2 Å². The number of carbonyl (C=O) groups excluding carboxylic acids is 1. The molecule has 1 saturated heterocycles. The summed E-state index contributed by atoms with van der Waals surface area (Å²) in [5.41, 5.74) is -1.03. The normalized spacial score (nSPS) is 18.9. The summed E-state index contributed by atoms with van der Waals surface area (Å²) in [6.07, 6.45) is -3.88. The third-order valence-electron chi connectivity index (χ3n) is 4.75. The molecule has 0 aliphatic carbocycles. The predicted octanol–water partition coefficient (Wildman–Crippen LogP) is 4.20. The van der Waals surface area contributed by atoms with Gasteiger partial charge in [0.25, 0.3) is 11.8 Å². The smallest absolute Gasteiger partial charge is 0.355 e. The van der Waals surface area contributed by atoms with Crippen molar-refractivity contribution < 1.29 is 26.7 Å². The van der Waals surface area contributed by atoms with Gasteiger partial charge in [-0.25, -0.2) is 18.7 Å². The Balaban J connectivity index is 1.96. The number of nitrogens with two attached hydrogens (primary N) is 1.